The maximum Gasteiger partial charge on any atom is 0.159 e. The minimum atomic E-state index is -0.736. The van der Waals surface area contributed by atoms with E-state index in [1.165, 1.54) is 50.7 Å². The van der Waals surface area contributed by atoms with Crippen molar-refractivity contribution in [3.63, 3.8) is 0 Å². The molecule has 1 aromatic carbocycles. The first-order valence-electron chi connectivity index (χ1n) is 9.25. The molecule has 0 radical (unpaired) electrons. The fourth-order valence-electron chi connectivity index (χ4n) is 4.77. The van der Waals surface area contributed by atoms with Gasteiger partial charge in [0.25, 0.3) is 0 Å². The molecule has 0 heterocycles. The highest BCUT2D eigenvalue weighted by molar-refractivity contribution is 5.22. The number of benzene rings is 1. The van der Waals surface area contributed by atoms with Crippen LogP contribution in [0.5, 0.6) is 0 Å². The number of halogens is 2. The average Bonchev–Trinajstić information content (AvgIpc) is 2.59. The van der Waals surface area contributed by atoms with Gasteiger partial charge in [-0.25, -0.2) is 8.78 Å². The summed E-state index contributed by atoms with van der Waals surface area (Å²) in [6.45, 7) is 2.12. The third-order valence-corrected chi connectivity index (χ3v) is 6.13. The van der Waals surface area contributed by atoms with Crippen LogP contribution in [0.25, 0.3) is 0 Å². The average molecular weight is 318 g/mol. The zero-order chi connectivity index (χ0) is 16.2. The van der Waals surface area contributed by atoms with E-state index in [1.54, 1.807) is 6.07 Å². The minimum Gasteiger partial charge on any atom is -0.204 e. The van der Waals surface area contributed by atoms with Gasteiger partial charge in [0, 0.05) is 0 Å². The second-order valence-corrected chi connectivity index (χ2v) is 7.49. The van der Waals surface area contributed by atoms with Gasteiger partial charge in [0.15, 0.2) is 11.6 Å². The highest BCUT2D eigenvalue weighted by Crippen LogP contribution is 2.44. The van der Waals surface area contributed by atoms with Crippen LogP contribution in [0.3, 0.4) is 0 Å². The third kappa shape index (κ3) is 4.02. The van der Waals surface area contributed by atoms with E-state index >= 15 is 0 Å². The lowest BCUT2D eigenvalue weighted by molar-refractivity contribution is 0.171. The lowest BCUT2D eigenvalue weighted by Gasteiger charge is -2.37. The van der Waals surface area contributed by atoms with Crippen LogP contribution in [0, 0.1) is 29.4 Å². The van der Waals surface area contributed by atoms with Gasteiger partial charge in [-0.1, -0.05) is 18.2 Å². The molecule has 23 heavy (non-hydrogen) atoms. The molecule has 2 heteroatoms. The summed E-state index contributed by atoms with van der Waals surface area (Å²) < 4.78 is 26.5. The Morgan fingerprint density at radius 3 is 2.00 bits per heavy atom. The van der Waals surface area contributed by atoms with E-state index in [0.717, 1.165) is 36.2 Å². The van der Waals surface area contributed by atoms with E-state index in [1.807, 2.05) is 0 Å². The topological polar surface area (TPSA) is 0 Å². The van der Waals surface area contributed by atoms with Crippen LogP contribution in [0.15, 0.2) is 30.4 Å². The van der Waals surface area contributed by atoms with Crippen molar-refractivity contribution in [2.75, 3.05) is 0 Å². The quantitative estimate of drug-likeness (QED) is 0.549. The smallest absolute Gasteiger partial charge is 0.159 e. The molecule has 0 atom stereocenters. The Morgan fingerprint density at radius 1 is 0.826 bits per heavy atom. The maximum atomic E-state index is 13.4. The minimum absolute atomic E-state index is 0.417. The number of rotatable bonds is 3. The molecule has 0 aromatic heterocycles. The molecule has 2 fully saturated rings. The Hall–Kier alpha value is -1.18. The zero-order valence-electron chi connectivity index (χ0n) is 14.1. The van der Waals surface area contributed by atoms with Crippen LogP contribution in [0.2, 0.25) is 0 Å². The van der Waals surface area contributed by atoms with Gasteiger partial charge in [0.1, 0.15) is 0 Å². The van der Waals surface area contributed by atoms with E-state index in [0.29, 0.717) is 5.92 Å². The number of hydrogen-bond donors (Lipinski definition) is 0. The van der Waals surface area contributed by atoms with E-state index < -0.39 is 11.6 Å². The molecule has 0 N–H and O–H groups in total. The largest absolute Gasteiger partial charge is 0.204 e. The lowest BCUT2D eigenvalue weighted by atomic mass is 9.68. The molecule has 2 aliphatic carbocycles. The van der Waals surface area contributed by atoms with Gasteiger partial charge in [-0.15, -0.1) is 0 Å². The van der Waals surface area contributed by atoms with Crippen molar-refractivity contribution in [3.8, 4) is 0 Å². The van der Waals surface area contributed by atoms with Crippen LogP contribution in [0.4, 0.5) is 8.78 Å². The van der Waals surface area contributed by atoms with E-state index in [4.69, 9.17) is 0 Å². The Morgan fingerprint density at radius 2 is 1.43 bits per heavy atom. The van der Waals surface area contributed by atoms with Crippen molar-refractivity contribution in [2.45, 2.75) is 64.2 Å². The monoisotopic (exact) mass is 318 g/mol. The van der Waals surface area contributed by atoms with Gasteiger partial charge in [0.05, 0.1) is 0 Å². The van der Waals surface area contributed by atoms with E-state index in [9.17, 15) is 8.78 Å². The summed E-state index contributed by atoms with van der Waals surface area (Å²) in [5.41, 5.74) is 0.985. The Labute approximate surface area is 139 Å². The summed E-state index contributed by atoms with van der Waals surface area (Å²) >= 11 is 0. The van der Waals surface area contributed by atoms with Crippen LogP contribution >= 0.6 is 0 Å². The summed E-state index contributed by atoms with van der Waals surface area (Å²) in [5.74, 6) is 1.52. The van der Waals surface area contributed by atoms with Gasteiger partial charge in [-0.3, -0.25) is 0 Å². The molecule has 3 rings (SSSR count). The summed E-state index contributed by atoms with van der Waals surface area (Å²) in [6.07, 6.45) is 14.8. The van der Waals surface area contributed by atoms with Crippen molar-refractivity contribution in [2.24, 2.45) is 17.8 Å². The second-order valence-electron chi connectivity index (χ2n) is 7.49. The predicted molar refractivity (Wildman–Crippen MR) is 91.3 cm³/mol. The van der Waals surface area contributed by atoms with Crippen molar-refractivity contribution >= 4 is 0 Å². The molecule has 2 aliphatic rings. The van der Waals surface area contributed by atoms with Crippen LogP contribution in [-0.2, 0) is 0 Å². The van der Waals surface area contributed by atoms with Crippen LogP contribution in [0.1, 0.15) is 69.8 Å². The first kappa shape index (κ1) is 16.7. The lowest BCUT2D eigenvalue weighted by Crippen LogP contribution is -2.25. The van der Waals surface area contributed by atoms with Crippen molar-refractivity contribution in [1.29, 1.82) is 0 Å². The summed E-state index contributed by atoms with van der Waals surface area (Å²) in [4.78, 5) is 0. The molecule has 0 bridgehead atoms. The zero-order valence-corrected chi connectivity index (χ0v) is 14.1. The van der Waals surface area contributed by atoms with Gasteiger partial charge in [-0.2, -0.15) is 0 Å². The Bertz CT molecular complexity index is 533. The van der Waals surface area contributed by atoms with E-state index in [-0.39, 0.29) is 0 Å². The molecular formula is C21H28F2. The summed E-state index contributed by atoms with van der Waals surface area (Å²) in [5, 5.41) is 0. The Balaban J connectivity index is 1.51. The van der Waals surface area contributed by atoms with Crippen molar-refractivity contribution in [3.05, 3.63) is 47.5 Å². The molecule has 1 aromatic rings. The second kappa shape index (κ2) is 7.59. The summed E-state index contributed by atoms with van der Waals surface area (Å²) in [7, 11) is 0. The molecule has 0 aliphatic heterocycles. The normalized spacial score (nSPS) is 32.3. The SMILES string of the molecule is C/C=C/[C@H]1CC[C@H](C2CCC(c3ccc(F)c(F)c3)CC2)CC1. The molecule has 0 spiro atoms. The van der Waals surface area contributed by atoms with Crippen molar-refractivity contribution < 1.29 is 8.78 Å². The van der Waals surface area contributed by atoms with Crippen molar-refractivity contribution in [1.82, 2.24) is 0 Å². The molecule has 0 amide bonds. The Kier molecular flexibility index (Phi) is 5.50. The molecule has 0 nitrogen and oxygen atoms in total. The highest BCUT2D eigenvalue weighted by Gasteiger charge is 2.30. The third-order valence-electron chi connectivity index (χ3n) is 6.13. The fraction of sp³-hybridized carbons (Fsp3) is 0.619. The van der Waals surface area contributed by atoms with E-state index in [2.05, 4.69) is 19.1 Å². The molecule has 0 saturated heterocycles. The van der Waals surface area contributed by atoms with Crippen LogP contribution < -0.4 is 0 Å². The number of hydrogen-bond acceptors (Lipinski definition) is 0. The predicted octanol–water partition coefficient (Wildman–Crippen LogP) is 6.62. The van der Waals surface area contributed by atoms with Gasteiger partial charge in [-0.05, 0) is 99.7 Å². The molecule has 126 valence electrons. The molecular weight excluding hydrogens is 290 g/mol. The van der Waals surface area contributed by atoms with Crippen LogP contribution in [-0.4, -0.2) is 0 Å². The highest BCUT2D eigenvalue weighted by atomic mass is 19.2. The first-order chi connectivity index (χ1) is 11.2. The fourth-order valence-corrected chi connectivity index (χ4v) is 4.77. The summed E-state index contributed by atoms with van der Waals surface area (Å²) in [6, 6.07) is 4.45. The first-order valence-corrected chi connectivity index (χ1v) is 9.25. The molecule has 0 unspecified atom stereocenters. The maximum absolute atomic E-state index is 13.4. The standard InChI is InChI=1S/C21H28F2/c1-2-3-15-4-6-16(7-5-15)17-8-10-18(11-9-17)19-12-13-20(22)21(23)14-19/h2-3,12-18H,4-11H2,1H3/b3-2+/t15-,16-,17?,18?. The van der Waals surface area contributed by atoms with Gasteiger partial charge >= 0.3 is 0 Å². The molecule has 2 saturated carbocycles. The number of allylic oxidation sites excluding steroid dienone is 2. The van der Waals surface area contributed by atoms with Gasteiger partial charge < -0.3 is 0 Å². The van der Waals surface area contributed by atoms with Gasteiger partial charge in [0.2, 0.25) is 0 Å².